The number of hydrogen-bond acceptors (Lipinski definition) is 4. The molecular formula is C23H28N4O2. The van der Waals surface area contributed by atoms with Crippen LogP contribution in [0.15, 0.2) is 60.9 Å². The minimum atomic E-state index is -0.0816. The Morgan fingerprint density at radius 2 is 1.79 bits per heavy atom. The number of carbonyl (C=O) groups is 2. The number of piperazine rings is 1. The van der Waals surface area contributed by atoms with Crippen LogP contribution < -0.4 is 5.32 Å². The molecule has 1 aromatic heterocycles. The van der Waals surface area contributed by atoms with Crippen LogP contribution in [-0.4, -0.2) is 65.9 Å². The van der Waals surface area contributed by atoms with Crippen LogP contribution in [0, 0.1) is 0 Å². The van der Waals surface area contributed by atoms with Crippen molar-refractivity contribution in [3.05, 3.63) is 72.1 Å². The van der Waals surface area contributed by atoms with Gasteiger partial charge in [0.25, 0.3) is 5.91 Å². The minimum absolute atomic E-state index is 0.0816. The molecule has 3 rings (SSSR count). The van der Waals surface area contributed by atoms with Gasteiger partial charge in [-0.2, -0.15) is 0 Å². The quantitative estimate of drug-likeness (QED) is 0.554. The molecule has 1 saturated heterocycles. The van der Waals surface area contributed by atoms with Gasteiger partial charge in [0.05, 0.1) is 0 Å². The van der Waals surface area contributed by atoms with Gasteiger partial charge < -0.3 is 10.2 Å². The van der Waals surface area contributed by atoms with Crippen LogP contribution >= 0.6 is 0 Å². The van der Waals surface area contributed by atoms with Gasteiger partial charge in [-0.05, 0) is 49.2 Å². The van der Waals surface area contributed by atoms with Gasteiger partial charge in [-0.3, -0.25) is 19.5 Å². The predicted molar refractivity (Wildman–Crippen MR) is 114 cm³/mol. The number of hydrogen-bond donors (Lipinski definition) is 1. The van der Waals surface area contributed by atoms with Gasteiger partial charge in [0, 0.05) is 56.8 Å². The summed E-state index contributed by atoms with van der Waals surface area (Å²) in [4.78, 5) is 32.6. The molecule has 152 valence electrons. The summed E-state index contributed by atoms with van der Waals surface area (Å²) in [5.41, 5.74) is 1.67. The van der Waals surface area contributed by atoms with Crippen molar-refractivity contribution < 1.29 is 9.59 Å². The van der Waals surface area contributed by atoms with Crippen LogP contribution in [0.2, 0.25) is 0 Å². The number of rotatable bonds is 8. The highest BCUT2D eigenvalue weighted by atomic mass is 16.2. The Hall–Kier alpha value is -2.99. The summed E-state index contributed by atoms with van der Waals surface area (Å²) in [6.45, 7) is 5.00. The number of benzene rings is 1. The lowest BCUT2D eigenvalue weighted by Gasteiger charge is -2.34. The SMILES string of the molecule is O=C(/C=C\c1cccnc1)NCCCCN1CCN(C(=O)c2ccccc2)CC1. The van der Waals surface area contributed by atoms with E-state index in [2.05, 4.69) is 15.2 Å². The minimum Gasteiger partial charge on any atom is -0.353 e. The van der Waals surface area contributed by atoms with Gasteiger partial charge in [0.1, 0.15) is 0 Å². The van der Waals surface area contributed by atoms with Crippen molar-refractivity contribution in [3.8, 4) is 0 Å². The normalized spacial score (nSPS) is 14.8. The van der Waals surface area contributed by atoms with Crippen LogP contribution in [0.1, 0.15) is 28.8 Å². The van der Waals surface area contributed by atoms with E-state index in [9.17, 15) is 9.59 Å². The summed E-state index contributed by atoms with van der Waals surface area (Å²) in [5, 5.41) is 2.91. The van der Waals surface area contributed by atoms with Gasteiger partial charge in [0.15, 0.2) is 0 Å². The Kier molecular flexibility index (Phi) is 7.95. The molecule has 0 saturated carbocycles. The lowest BCUT2D eigenvalue weighted by Crippen LogP contribution is -2.48. The van der Waals surface area contributed by atoms with E-state index >= 15 is 0 Å². The molecule has 29 heavy (non-hydrogen) atoms. The average molecular weight is 393 g/mol. The maximum Gasteiger partial charge on any atom is 0.253 e. The van der Waals surface area contributed by atoms with Crippen molar-refractivity contribution in [2.24, 2.45) is 0 Å². The summed E-state index contributed by atoms with van der Waals surface area (Å²) in [5.74, 6) is 0.0363. The molecule has 0 unspecified atom stereocenters. The predicted octanol–water partition coefficient (Wildman–Crippen LogP) is 2.45. The molecule has 0 atom stereocenters. The number of carbonyl (C=O) groups excluding carboxylic acids is 2. The summed E-state index contributed by atoms with van der Waals surface area (Å²) in [7, 11) is 0. The van der Waals surface area contributed by atoms with E-state index in [0.717, 1.165) is 56.7 Å². The van der Waals surface area contributed by atoms with Crippen LogP contribution in [0.3, 0.4) is 0 Å². The van der Waals surface area contributed by atoms with Crippen molar-refractivity contribution in [2.45, 2.75) is 12.8 Å². The zero-order chi connectivity index (χ0) is 20.3. The lowest BCUT2D eigenvalue weighted by atomic mass is 10.2. The van der Waals surface area contributed by atoms with Gasteiger partial charge in [0.2, 0.25) is 5.91 Å². The lowest BCUT2D eigenvalue weighted by molar-refractivity contribution is -0.116. The monoisotopic (exact) mass is 392 g/mol. The zero-order valence-electron chi connectivity index (χ0n) is 16.7. The van der Waals surface area contributed by atoms with E-state index in [4.69, 9.17) is 0 Å². The Balaban J connectivity index is 1.27. The number of aromatic nitrogens is 1. The molecule has 0 spiro atoms. The summed E-state index contributed by atoms with van der Waals surface area (Å²) >= 11 is 0. The third-order valence-corrected chi connectivity index (χ3v) is 4.99. The van der Waals surface area contributed by atoms with E-state index in [1.54, 1.807) is 24.5 Å². The summed E-state index contributed by atoms with van der Waals surface area (Å²) in [6, 6.07) is 13.2. The second-order valence-electron chi connectivity index (χ2n) is 7.12. The van der Waals surface area contributed by atoms with Crippen molar-refractivity contribution in [2.75, 3.05) is 39.3 Å². The Labute approximate surface area is 172 Å². The fourth-order valence-electron chi connectivity index (χ4n) is 3.32. The number of nitrogens with zero attached hydrogens (tertiary/aromatic N) is 3. The Morgan fingerprint density at radius 1 is 1.00 bits per heavy atom. The van der Waals surface area contributed by atoms with E-state index < -0.39 is 0 Å². The molecule has 1 aliphatic rings. The molecule has 6 nitrogen and oxygen atoms in total. The van der Waals surface area contributed by atoms with Gasteiger partial charge in [-0.1, -0.05) is 24.3 Å². The first-order valence-corrected chi connectivity index (χ1v) is 10.1. The molecule has 0 radical (unpaired) electrons. The molecule has 6 heteroatoms. The summed E-state index contributed by atoms with van der Waals surface area (Å²) < 4.78 is 0. The third kappa shape index (κ3) is 6.84. The number of pyridine rings is 1. The fourth-order valence-corrected chi connectivity index (χ4v) is 3.32. The zero-order valence-corrected chi connectivity index (χ0v) is 16.7. The van der Waals surface area contributed by atoms with Crippen LogP contribution in [0.5, 0.6) is 0 Å². The van der Waals surface area contributed by atoms with Gasteiger partial charge in [-0.15, -0.1) is 0 Å². The van der Waals surface area contributed by atoms with Crippen LogP contribution in [-0.2, 0) is 4.79 Å². The second-order valence-corrected chi connectivity index (χ2v) is 7.12. The smallest absolute Gasteiger partial charge is 0.253 e. The van der Waals surface area contributed by atoms with E-state index in [0.29, 0.717) is 6.54 Å². The first-order valence-electron chi connectivity index (χ1n) is 10.1. The highest BCUT2D eigenvalue weighted by Crippen LogP contribution is 2.09. The van der Waals surface area contributed by atoms with Gasteiger partial charge >= 0.3 is 0 Å². The largest absolute Gasteiger partial charge is 0.353 e. The first kappa shape index (κ1) is 20.7. The number of amides is 2. The number of unbranched alkanes of at least 4 members (excludes halogenated alkanes) is 1. The Bertz CT molecular complexity index is 800. The molecule has 2 heterocycles. The highest BCUT2D eigenvalue weighted by Gasteiger charge is 2.21. The van der Waals surface area contributed by atoms with E-state index in [1.807, 2.05) is 47.4 Å². The third-order valence-electron chi connectivity index (χ3n) is 4.99. The van der Waals surface area contributed by atoms with Crippen molar-refractivity contribution in [1.82, 2.24) is 20.1 Å². The topological polar surface area (TPSA) is 65.5 Å². The molecule has 2 amide bonds. The maximum absolute atomic E-state index is 12.5. The molecule has 1 fully saturated rings. The molecular weight excluding hydrogens is 364 g/mol. The molecule has 0 bridgehead atoms. The molecule has 1 aromatic carbocycles. The van der Waals surface area contributed by atoms with Crippen molar-refractivity contribution in [3.63, 3.8) is 0 Å². The molecule has 0 aliphatic carbocycles. The molecule has 1 aliphatic heterocycles. The summed E-state index contributed by atoms with van der Waals surface area (Å²) in [6.07, 6.45) is 8.70. The maximum atomic E-state index is 12.5. The standard InChI is InChI=1S/C23H28N4O2/c28-22(11-10-20-7-6-12-24-19-20)25-13-4-5-14-26-15-17-27(18-16-26)23(29)21-8-2-1-3-9-21/h1-3,6-12,19H,4-5,13-18H2,(H,25,28)/b11-10-. The van der Waals surface area contributed by atoms with Crippen molar-refractivity contribution >= 4 is 17.9 Å². The number of nitrogens with one attached hydrogen (secondary N) is 1. The van der Waals surface area contributed by atoms with E-state index in [-0.39, 0.29) is 11.8 Å². The second kappa shape index (κ2) is 11.1. The fraction of sp³-hybridized carbons (Fsp3) is 0.348. The van der Waals surface area contributed by atoms with Crippen LogP contribution in [0.4, 0.5) is 0 Å². The van der Waals surface area contributed by atoms with Gasteiger partial charge in [-0.25, -0.2) is 0 Å². The van der Waals surface area contributed by atoms with Crippen LogP contribution in [0.25, 0.3) is 6.08 Å². The Morgan fingerprint density at radius 3 is 2.52 bits per heavy atom. The molecule has 1 N–H and O–H groups in total. The van der Waals surface area contributed by atoms with E-state index in [1.165, 1.54) is 0 Å². The van der Waals surface area contributed by atoms with Crippen molar-refractivity contribution in [1.29, 1.82) is 0 Å². The first-order chi connectivity index (χ1) is 14.2. The molecule has 2 aromatic rings. The highest BCUT2D eigenvalue weighted by molar-refractivity contribution is 5.94. The average Bonchev–Trinajstić information content (AvgIpc) is 2.79.